The van der Waals surface area contributed by atoms with Crippen molar-refractivity contribution in [3.05, 3.63) is 18.0 Å². The number of hydrogen-bond acceptors (Lipinski definition) is 3. The molecule has 0 saturated heterocycles. The molecule has 0 aromatic carbocycles. The van der Waals surface area contributed by atoms with E-state index in [1.54, 1.807) is 0 Å². The molecule has 94 valence electrons. The standard InChI is InChI=1S/C13H22N4/c1-4-13(11-14,15-5-2)7-6-8-17-10-12(3)9-16-17/h9-10,15H,4-8H2,1-3H3. The van der Waals surface area contributed by atoms with Crippen molar-refractivity contribution in [2.24, 2.45) is 0 Å². The Morgan fingerprint density at radius 1 is 1.53 bits per heavy atom. The summed E-state index contributed by atoms with van der Waals surface area (Å²) in [6.45, 7) is 7.85. The van der Waals surface area contributed by atoms with Gasteiger partial charge in [-0.3, -0.25) is 10.00 Å². The summed E-state index contributed by atoms with van der Waals surface area (Å²) in [5.41, 5.74) is 0.815. The number of aromatic nitrogens is 2. The fourth-order valence-electron chi connectivity index (χ4n) is 2.04. The van der Waals surface area contributed by atoms with Crippen molar-refractivity contribution in [2.75, 3.05) is 6.54 Å². The van der Waals surface area contributed by atoms with E-state index in [0.717, 1.165) is 32.4 Å². The lowest BCUT2D eigenvalue weighted by Crippen LogP contribution is -2.43. The van der Waals surface area contributed by atoms with E-state index in [-0.39, 0.29) is 5.54 Å². The molecule has 1 aromatic heterocycles. The lowest BCUT2D eigenvalue weighted by atomic mass is 9.92. The molecule has 0 radical (unpaired) electrons. The molecule has 0 amide bonds. The minimum absolute atomic E-state index is 0.364. The van der Waals surface area contributed by atoms with Crippen LogP contribution in [0.2, 0.25) is 0 Å². The maximum atomic E-state index is 9.27. The maximum absolute atomic E-state index is 9.27. The second-order valence-corrected chi connectivity index (χ2v) is 4.46. The van der Waals surface area contributed by atoms with E-state index in [1.165, 1.54) is 5.56 Å². The van der Waals surface area contributed by atoms with Gasteiger partial charge in [-0.25, -0.2) is 0 Å². The molecule has 17 heavy (non-hydrogen) atoms. The first-order chi connectivity index (χ1) is 8.15. The van der Waals surface area contributed by atoms with Crippen LogP contribution in [0.3, 0.4) is 0 Å². The van der Waals surface area contributed by atoms with Gasteiger partial charge in [-0.15, -0.1) is 0 Å². The highest BCUT2D eigenvalue weighted by Crippen LogP contribution is 2.17. The van der Waals surface area contributed by atoms with E-state index in [0.29, 0.717) is 0 Å². The molecule has 0 saturated carbocycles. The first kappa shape index (κ1) is 13.7. The topological polar surface area (TPSA) is 53.6 Å². The molecule has 1 rings (SSSR count). The van der Waals surface area contributed by atoms with Gasteiger partial charge in [0.05, 0.1) is 12.3 Å². The molecule has 0 bridgehead atoms. The molecule has 1 atom stereocenters. The average Bonchev–Trinajstić information content (AvgIpc) is 2.74. The number of hydrogen-bond donors (Lipinski definition) is 1. The molecule has 1 aromatic rings. The average molecular weight is 234 g/mol. The van der Waals surface area contributed by atoms with Gasteiger partial charge in [-0.1, -0.05) is 13.8 Å². The van der Waals surface area contributed by atoms with E-state index in [1.807, 2.05) is 30.9 Å². The highest BCUT2D eigenvalue weighted by Gasteiger charge is 2.25. The van der Waals surface area contributed by atoms with Crippen LogP contribution in [-0.4, -0.2) is 21.9 Å². The summed E-state index contributed by atoms with van der Waals surface area (Å²) >= 11 is 0. The maximum Gasteiger partial charge on any atom is 0.106 e. The zero-order valence-corrected chi connectivity index (χ0v) is 11.0. The van der Waals surface area contributed by atoms with Crippen molar-refractivity contribution in [1.29, 1.82) is 5.26 Å². The fraction of sp³-hybridized carbons (Fsp3) is 0.692. The van der Waals surface area contributed by atoms with Gasteiger partial charge in [-0.05, 0) is 38.3 Å². The van der Waals surface area contributed by atoms with Gasteiger partial charge in [0.15, 0.2) is 0 Å². The largest absolute Gasteiger partial charge is 0.300 e. The van der Waals surface area contributed by atoms with Crippen molar-refractivity contribution in [3.8, 4) is 6.07 Å². The van der Waals surface area contributed by atoms with Crippen molar-refractivity contribution >= 4 is 0 Å². The number of aryl methyl sites for hydroxylation is 2. The second kappa shape index (κ2) is 6.41. The smallest absolute Gasteiger partial charge is 0.106 e. The third kappa shape index (κ3) is 3.86. The number of nitrogens with zero attached hydrogens (tertiary/aromatic N) is 3. The van der Waals surface area contributed by atoms with Gasteiger partial charge in [0, 0.05) is 12.7 Å². The van der Waals surface area contributed by atoms with Gasteiger partial charge in [0.25, 0.3) is 0 Å². The highest BCUT2D eigenvalue weighted by atomic mass is 15.3. The van der Waals surface area contributed by atoms with Crippen LogP contribution in [-0.2, 0) is 6.54 Å². The molecule has 1 unspecified atom stereocenters. The van der Waals surface area contributed by atoms with Gasteiger partial charge in [-0.2, -0.15) is 10.4 Å². The molecule has 0 aliphatic carbocycles. The quantitative estimate of drug-likeness (QED) is 0.787. The van der Waals surface area contributed by atoms with Crippen molar-refractivity contribution in [3.63, 3.8) is 0 Å². The first-order valence-corrected chi connectivity index (χ1v) is 6.31. The minimum Gasteiger partial charge on any atom is -0.300 e. The Bertz CT molecular complexity index is 377. The summed E-state index contributed by atoms with van der Waals surface area (Å²) in [5, 5.41) is 16.8. The normalized spacial score (nSPS) is 14.2. The molecule has 0 aliphatic heterocycles. The van der Waals surface area contributed by atoms with E-state index in [9.17, 15) is 5.26 Å². The van der Waals surface area contributed by atoms with Crippen molar-refractivity contribution in [1.82, 2.24) is 15.1 Å². The summed E-state index contributed by atoms with van der Waals surface area (Å²) in [5.74, 6) is 0. The molecule has 1 heterocycles. The highest BCUT2D eigenvalue weighted by molar-refractivity contribution is 5.06. The molecule has 0 spiro atoms. The van der Waals surface area contributed by atoms with E-state index in [2.05, 4.69) is 23.4 Å². The minimum atomic E-state index is -0.364. The number of nitrogens with one attached hydrogen (secondary N) is 1. The Balaban J connectivity index is 2.45. The Morgan fingerprint density at radius 2 is 2.29 bits per heavy atom. The van der Waals surface area contributed by atoms with Crippen LogP contribution >= 0.6 is 0 Å². The van der Waals surface area contributed by atoms with E-state index < -0.39 is 0 Å². The van der Waals surface area contributed by atoms with Gasteiger partial charge >= 0.3 is 0 Å². The summed E-state index contributed by atoms with van der Waals surface area (Å²) in [6.07, 6.45) is 6.58. The second-order valence-electron chi connectivity index (χ2n) is 4.46. The van der Waals surface area contributed by atoms with Gasteiger partial charge in [0.2, 0.25) is 0 Å². The van der Waals surface area contributed by atoms with Gasteiger partial charge < -0.3 is 0 Å². The molecule has 1 N–H and O–H groups in total. The summed E-state index contributed by atoms with van der Waals surface area (Å²) < 4.78 is 1.94. The molecular formula is C13H22N4. The number of rotatable bonds is 7. The van der Waals surface area contributed by atoms with Crippen molar-refractivity contribution < 1.29 is 0 Å². The van der Waals surface area contributed by atoms with Crippen LogP contribution in [0.15, 0.2) is 12.4 Å². The summed E-state index contributed by atoms with van der Waals surface area (Å²) in [4.78, 5) is 0. The molecular weight excluding hydrogens is 212 g/mol. The fourth-order valence-corrected chi connectivity index (χ4v) is 2.04. The Hall–Kier alpha value is -1.34. The third-order valence-corrected chi connectivity index (χ3v) is 3.09. The Morgan fingerprint density at radius 3 is 2.76 bits per heavy atom. The van der Waals surface area contributed by atoms with Crippen molar-refractivity contribution in [2.45, 2.75) is 52.1 Å². The van der Waals surface area contributed by atoms with Crippen LogP contribution in [0.4, 0.5) is 0 Å². The van der Waals surface area contributed by atoms with Crippen LogP contribution in [0.5, 0.6) is 0 Å². The zero-order valence-electron chi connectivity index (χ0n) is 11.0. The number of nitriles is 1. The monoisotopic (exact) mass is 234 g/mol. The van der Waals surface area contributed by atoms with Crippen LogP contribution in [0.25, 0.3) is 0 Å². The summed E-state index contributed by atoms with van der Waals surface area (Å²) in [6, 6.07) is 2.42. The van der Waals surface area contributed by atoms with Crippen LogP contribution < -0.4 is 5.32 Å². The lowest BCUT2D eigenvalue weighted by Gasteiger charge is -2.25. The molecule has 4 heteroatoms. The third-order valence-electron chi connectivity index (χ3n) is 3.09. The SMILES string of the molecule is CCNC(C#N)(CC)CCCn1cc(C)cn1. The van der Waals surface area contributed by atoms with Crippen LogP contribution in [0, 0.1) is 18.3 Å². The molecule has 4 nitrogen and oxygen atoms in total. The molecule has 0 fully saturated rings. The lowest BCUT2D eigenvalue weighted by molar-refractivity contribution is 0.358. The Kier molecular flexibility index (Phi) is 5.17. The molecule has 0 aliphatic rings. The first-order valence-electron chi connectivity index (χ1n) is 6.31. The summed E-state index contributed by atoms with van der Waals surface area (Å²) in [7, 11) is 0. The predicted molar refractivity (Wildman–Crippen MR) is 68.5 cm³/mol. The Labute approximate surface area is 104 Å². The van der Waals surface area contributed by atoms with Gasteiger partial charge in [0.1, 0.15) is 5.54 Å². The van der Waals surface area contributed by atoms with E-state index in [4.69, 9.17) is 0 Å². The zero-order chi connectivity index (χ0) is 12.7. The predicted octanol–water partition coefficient (Wildman–Crippen LogP) is 2.25. The van der Waals surface area contributed by atoms with E-state index >= 15 is 0 Å². The van der Waals surface area contributed by atoms with Crippen LogP contribution in [0.1, 0.15) is 38.7 Å².